The fourth-order valence-electron chi connectivity index (χ4n) is 6.44. The average Bonchev–Trinajstić information content (AvgIpc) is 3.31. The van der Waals surface area contributed by atoms with Crippen LogP contribution in [0.1, 0.15) is 85.1 Å². The van der Waals surface area contributed by atoms with Crippen molar-refractivity contribution in [3.63, 3.8) is 0 Å². The molecule has 5 bridgehead atoms. The van der Waals surface area contributed by atoms with Crippen molar-refractivity contribution < 1.29 is 58.6 Å². The zero-order valence-electron chi connectivity index (χ0n) is 28.6. The molecule has 9 atom stereocenters. The van der Waals surface area contributed by atoms with Crippen LogP contribution in [0, 0.1) is 30.6 Å². The monoisotopic (exact) mass is 681 g/mol. The molecule has 49 heavy (non-hydrogen) atoms. The number of carbonyl (C=O) groups is 5. The van der Waals surface area contributed by atoms with Gasteiger partial charge in [-0.05, 0) is 19.9 Å². The maximum atomic E-state index is 13.8. The van der Waals surface area contributed by atoms with Crippen molar-refractivity contribution in [2.75, 3.05) is 0 Å². The summed E-state index contributed by atoms with van der Waals surface area (Å²) in [6.07, 6.45) is 3.15. The lowest BCUT2D eigenvalue weighted by atomic mass is 9.78. The number of amides is 1. The highest BCUT2D eigenvalue weighted by Gasteiger charge is 2.52. The summed E-state index contributed by atoms with van der Waals surface area (Å²) in [6.45, 7) is 11.7. The SMILES string of the molecule is CC(=O)OC1C(C)C(O)/C=C/OC2(C)Oc3c(C)c(O)c4c(c3C2=O)C(=O)C(C)=C(NC(=O)/C=C\C=C\C(C)C(O)C(C)C(O)C1C)C4=O. The molecular weight excluding hydrogens is 638 g/mol. The van der Waals surface area contributed by atoms with E-state index in [0.717, 1.165) is 12.3 Å². The van der Waals surface area contributed by atoms with E-state index in [9.17, 15) is 44.4 Å². The van der Waals surface area contributed by atoms with Crippen LogP contribution < -0.4 is 10.1 Å². The third-order valence-electron chi connectivity index (χ3n) is 9.62. The fraction of sp³-hybridized carbons (Fsp3) is 0.472. The minimum atomic E-state index is -2.09. The Balaban J connectivity index is 1.82. The molecule has 0 aromatic heterocycles. The second kappa shape index (κ2) is 14.1. The summed E-state index contributed by atoms with van der Waals surface area (Å²) in [5, 5.41) is 46.9. The maximum Gasteiger partial charge on any atom is 0.312 e. The highest BCUT2D eigenvalue weighted by molar-refractivity contribution is 6.32. The maximum absolute atomic E-state index is 13.8. The number of phenolic OH excluding ortho intramolecular Hbond substituents is 1. The van der Waals surface area contributed by atoms with Gasteiger partial charge in [0.05, 0.1) is 47.0 Å². The predicted octanol–water partition coefficient (Wildman–Crippen LogP) is 2.98. The molecule has 9 unspecified atom stereocenters. The Hall–Kier alpha value is -4.59. The minimum absolute atomic E-state index is 0.0173. The molecule has 1 amide bonds. The molecule has 0 fully saturated rings. The molecule has 0 radical (unpaired) electrons. The van der Waals surface area contributed by atoms with Crippen LogP contribution in [-0.4, -0.2) is 79.9 Å². The van der Waals surface area contributed by atoms with Gasteiger partial charge in [0.15, 0.2) is 5.78 Å². The first-order chi connectivity index (χ1) is 22.8. The van der Waals surface area contributed by atoms with E-state index < -0.39 is 94.4 Å². The first-order valence-corrected chi connectivity index (χ1v) is 16.0. The molecule has 0 saturated heterocycles. The number of hydrogen-bond donors (Lipinski definition) is 5. The highest BCUT2D eigenvalue weighted by Crippen LogP contribution is 2.48. The third-order valence-corrected chi connectivity index (χ3v) is 9.62. The van der Waals surface area contributed by atoms with Gasteiger partial charge in [-0.1, -0.05) is 45.9 Å². The number of esters is 1. The summed E-state index contributed by atoms with van der Waals surface area (Å²) in [5.74, 6) is -9.61. The lowest BCUT2D eigenvalue weighted by Gasteiger charge is -2.37. The van der Waals surface area contributed by atoms with Crippen molar-refractivity contribution in [3.8, 4) is 11.5 Å². The Morgan fingerprint density at radius 3 is 2.16 bits per heavy atom. The van der Waals surface area contributed by atoms with Gasteiger partial charge < -0.3 is 40.0 Å². The van der Waals surface area contributed by atoms with Crippen LogP contribution >= 0.6 is 0 Å². The Morgan fingerprint density at radius 1 is 0.878 bits per heavy atom. The van der Waals surface area contributed by atoms with E-state index in [4.69, 9.17) is 14.2 Å². The van der Waals surface area contributed by atoms with Gasteiger partial charge in [-0.25, -0.2) is 0 Å². The van der Waals surface area contributed by atoms with Crippen molar-refractivity contribution in [1.29, 1.82) is 0 Å². The molecule has 4 aliphatic rings. The smallest absolute Gasteiger partial charge is 0.312 e. The number of aliphatic hydroxyl groups excluding tert-OH is 3. The zero-order chi connectivity index (χ0) is 36.7. The van der Waals surface area contributed by atoms with Gasteiger partial charge in [0.25, 0.3) is 5.78 Å². The topological polar surface area (TPSA) is 206 Å². The van der Waals surface area contributed by atoms with E-state index in [1.54, 1.807) is 33.8 Å². The van der Waals surface area contributed by atoms with Crippen molar-refractivity contribution in [2.24, 2.45) is 23.7 Å². The molecule has 0 spiro atoms. The van der Waals surface area contributed by atoms with Crippen molar-refractivity contribution >= 4 is 29.2 Å². The highest BCUT2D eigenvalue weighted by atomic mass is 16.7. The number of hydrogen-bond acceptors (Lipinski definition) is 12. The standard InChI is InChI=1S/C36H43NO12/c1-15-11-9-10-12-23(40)37-27-17(3)30(43)24-25(32(27)45)31(44)20(6)34-26(24)35(46)36(8,49-34)47-14-13-22(39)16(2)33(48-21(7)38)19(5)29(42)18(4)28(15)41/h9-16,18-19,22,28-29,33,39,41-42,44H,1-8H3,(H,37,40)/b11-9+,12-10-,14-13+. The molecule has 1 aromatic carbocycles. The van der Waals surface area contributed by atoms with Crippen LogP contribution in [0.4, 0.5) is 0 Å². The molecule has 5 rings (SSSR count). The average molecular weight is 682 g/mol. The summed E-state index contributed by atoms with van der Waals surface area (Å²) in [5.41, 5.74) is -1.69. The largest absolute Gasteiger partial charge is 0.507 e. The number of ether oxygens (including phenoxy) is 3. The number of ketones is 3. The van der Waals surface area contributed by atoms with E-state index in [2.05, 4.69) is 5.32 Å². The van der Waals surface area contributed by atoms with Gasteiger partial charge in [0, 0.05) is 54.7 Å². The third kappa shape index (κ3) is 6.83. The number of nitrogens with one attached hydrogen (secondary N) is 1. The Kier molecular flexibility index (Phi) is 10.7. The summed E-state index contributed by atoms with van der Waals surface area (Å²) < 4.78 is 17.1. The molecule has 3 aliphatic heterocycles. The van der Waals surface area contributed by atoms with Crippen LogP contribution in [0.5, 0.6) is 11.5 Å². The summed E-state index contributed by atoms with van der Waals surface area (Å²) in [4.78, 5) is 66.1. The predicted molar refractivity (Wildman–Crippen MR) is 174 cm³/mol. The van der Waals surface area contributed by atoms with E-state index in [-0.39, 0.29) is 33.7 Å². The molecule has 13 nitrogen and oxygen atoms in total. The van der Waals surface area contributed by atoms with E-state index >= 15 is 0 Å². The van der Waals surface area contributed by atoms with Gasteiger partial charge >= 0.3 is 11.8 Å². The number of aromatic hydroxyl groups is 1. The van der Waals surface area contributed by atoms with Gasteiger partial charge in [-0.3, -0.25) is 24.0 Å². The molecule has 3 heterocycles. The zero-order valence-corrected chi connectivity index (χ0v) is 28.6. The summed E-state index contributed by atoms with van der Waals surface area (Å²) >= 11 is 0. The van der Waals surface area contributed by atoms with Gasteiger partial charge in [-0.2, -0.15) is 0 Å². The molecule has 13 heteroatoms. The first-order valence-electron chi connectivity index (χ1n) is 16.0. The number of phenols is 1. The minimum Gasteiger partial charge on any atom is -0.507 e. The molecule has 264 valence electrons. The number of aliphatic hydroxyl groups is 3. The molecule has 1 aliphatic carbocycles. The van der Waals surface area contributed by atoms with Gasteiger partial charge in [-0.15, -0.1) is 0 Å². The van der Waals surface area contributed by atoms with Gasteiger partial charge in [0.1, 0.15) is 17.6 Å². The number of fused-ring (bicyclic) bond motifs is 14. The van der Waals surface area contributed by atoms with Crippen molar-refractivity contribution in [2.45, 2.75) is 85.6 Å². The summed E-state index contributed by atoms with van der Waals surface area (Å²) in [7, 11) is 0. The summed E-state index contributed by atoms with van der Waals surface area (Å²) in [6, 6.07) is 0. The number of carbonyl (C=O) groups excluding carboxylic acids is 5. The van der Waals surface area contributed by atoms with Crippen molar-refractivity contribution in [1.82, 2.24) is 5.32 Å². The second-order valence-electron chi connectivity index (χ2n) is 13.1. The lowest BCUT2D eigenvalue weighted by Crippen LogP contribution is -2.46. The van der Waals surface area contributed by atoms with E-state index in [0.29, 0.717) is 0 Å². The number of allylic oxidation sites excluding steroid dienone is 4. The fourth-order valence-corrected chi connectivity index (χ4v) is 6.44. The van der Waals surface area contributed by atoms with E-state index in [1.807, 2.05) is 0 Å². The van der Waals surface area contributed by atoms with Crippen LogP contribution in [-0.2, 0) is 19.1 Å². The molecule has 0 saturated carbocycles. The van der Waals surface area contributed by atoms with Crippen LogP contribution in [0.15, 0.2) is 47.9 Å². The normalized spacial score (nSPS) is 34.5. The quantitative estimate of drug-likeness (QED) is 0.271. The van der Waals surface area contributed by atoms with Crippen molar-refractivity contribution in [3.05, 3.63) is 70.2 Å². The number of rotatable bonds is 1. The van der Waals surface area contributed by atoms with Crippen LogP contribution in [0.25, 0.3) is 0 Å². The van der Waals surface area contributed by atoms with E-state index in [1.165, 1.54) is 45.9 Å². The molecule has 5 N–H and O–H groups in total. The molecule has 1 aromatic rings. The second-order valence-corrected chi connectivity index (χ2v) is 13.1. The Bertz CT molecular complexity index is 1700. The molecular formula is C36H43NO12. The lowest BCUT2D eigenvalue weighted by molar-refractivity contribution is -0.159. The van der Waals surface area contributed by atoms with Crippen LogP contribution in [0.3, 0.4) is 0 Å². The number of benzene rings is 1. The van der Waals surface area contributed by atoms with Gasteiger partial charge in [0.2, 0.25) is 11.7 Å². The Morgan fingerprint density at radius 2 is 1.53 bits per heavy atom. The van der Waals surface area contributed by atoms with Crippen LogP contribution in [0.2, 0.25) is 0 Å². The number of Topliss-reactive ketones (excluding diaryl/α,β-unsaturated/α-hetero) is 3. The Labute approximate surface area is 283 Å². The first kappa shape index (κ1) is 37.2.